The van der Waals surface area contributed by atoms with Crippen molar-refractivity contribution in [1.82, 2.24) is 10.6 Å². The molecule has 2 N–H and O–H groups in total. The fourth-order valence-electron chi connectivity index (χ4n) is 1.10. The molecule has 5 heteroatoms. The van der Waals surface area contributed by atoms with E-state index in [-0.39, 0.29) is 12.1 Å². The second-order valence-electron chi connectivity index (χ2n) is 2.85. The summed E-state index contributed by atoms with van der Waals surface area (Å²) in [5, 5.41) is 5.74. The van der Waals surface area contributed by atoms with Crippen LogP contribution in [-0.2, 0) is 9.47 Å². The van der Waals surface area contributed by atoms with Gasteiger partial charge in [-0.1, -0.05) is 0 Å². The third kappa shape index (κ3) is 4.10. The molecular weight excluding hydrogens is 172 g/mol. The van der Waals surface area contributed by atoms with E-state index in [1.165, 1.54) is 0 Å². The zero-order valence-corrected chi connectivity index (χ0v) is 7.84. The highest BCUT2D eigenvalue weighted by Crippen LogP contribution is 1.93. The highest BCUT2D eigenvalue weighted by atomic mass is 16.6. The number of morpholine rings is 1. The summed E-state index contributed by atoms with van der Waals surface area (Å²) in [6.07, 6.45) is -0.366. The molecule has 1 aliphatic rings. The maximum atomic E-state index is 10.9. The summed E-state index contributed by atoms with van der Waals surface area (Å²) in [7, 11) is 0. The number of nitrogens with one attached hydrogen (secondary N) is 2. The molecule has 0 aromatic rings. The van der Waals surface area contributed by atoms with Crippen molar-refractivity contribution >= 4 is 6.09 Å². The first-order chi connectivity index (χ1) is 6.33. The van der Waals surface area contributed by atoms with Gasteiger partial charge in [0.05, 0.1) is 19.3 Å². The maximum absolute atomic E-state index is 10.9. The second kappa shape index (κ2) is 5.77. The van der Waals surface area contributed by atoms with Crippen molar-refractivity contribution in [2.24, 2.45) is 0 Å². The van der Waals surface area contributed by atoms with Gasteiger partial charge in [-0.05, 0) is 6.92 Å². The molecule has 0 aromatic carbocycles. The quantitative estimate of drug-likeness (QED) is 0.639. The van der Waals surface area contributed by atoms with Gasteiger partial charge in [0.15, 0.2) is 0 Å². The van der Waals surface area contributed by atoms with Crippen LogP contribution in [0.4, 0.5) is 4.79 Å². The molecule has 1 fully saturated rings. The van der Waals surface area contributed by atoms with Crippen LogP contribution in [0.3, 0.4) is 0 Å². The van der Waals surface area contributed by atoms with Crippen LogP contribution in [0.5, 0.6) is 0 Å². The van der Waals surface area contributed by atoms with E-state index in [9.17, 15) is 4.79 Å². The van der Waals surface area contributed by atoms with Crippen LogP contribution < -0.4 is 10.6 Å². The average molecular weight is 188 g/mol. The molecule has 0 aromatic heterocycles. The molecule has 1 atom stereocenters. The first-order valence-electron chi connectivity index (χ1n) is 4.54. The van der Waals surface area contributed by atoms with Gasteiger partial charge >= 0.3 is 6.09 Å². The van der Waals surface area contributed by atoms with Gasteiger partial charge in [0.2, 0.25) is 0 Å². The minimum Gasteiger partial charge on any atom is -0.448 e. The summed E-state index contributed by atoms with van der Waals surface area (Å²) in [6, 6.07) is 0.136. The van der Waals surface area contributed by atoms with Crippen molar-refractivity contribution in [1.29, 1.82) is 0 Å². The first-order valence-corrected chi connectivity index (χ1v) is 4.54. The smallest absolute Gasteiger partial charge is 0.407 e. The Balaban J connectivity index is 2.06. The Morgan fingerprint density at radius 2 is 2.62 bits per heavy atom. The first kappa shape index (κ1) is 10.3. The number of alkyl carbamates (subject to hydrolysis) is 1. The Morgan fingerprint density at radius 3 is 3.23 bits per heavy atom. The summed E-state index contributed by atoms with van der Waals surface area (Å²) >= 11 is 0. The molecule has 0 radical (unpaired) electrons. The lowest BCUT2D eigenvalue weighted by Gasteiger charge is -2.23. The van der Waals surface area contributed by atoms with Crippen LogP contribution in [0.25, 0.3) is 0 Å². The normalized spacial score (nSPS) is 22.4. The highest BCUT2D eigenvalue weighted by Gasteiger charge is 2.14. The van der Waals surface area contributed by atoms with E-state index < -0.39 is 0 Å². The Hall–Kier alpha value is -0.810. The highest BCUT2D eigenvalue weighted by molar-refractivity contribution is 5.66. The van der Waals surface area contributed by atoms with Crippen LogP contribution in [0, 0.1) is 0 Å². The number of carbonyl (C=O) groups excluding carboxylic acids is 1. The van der Waals surface area contributed by atoms with Gasteiger partial charge in [0.25, 0.3) is 0 Å². The minimum atomic E-state index is -0.366. The number of hydrogen-bond acceptors (Lipinski definition) is 4. The van der Waals surface area contributed by atoms with Gasteiger partial charge in [-0.15, -0.1) is 0 Å². The molecule has 0 aliphatic carbocycles. The van der Waals surface area contributed by atoms with Crippen molar-refractivity contribution in [3.8, 4) is 0 Å². The second-order valence-corrected chi connectivity index (χ2v) is 2.85. The number of amides is 1. The molecule has 0 saturated carbocycles. The van der Waals surface area contributed by atoms with Gasteiger partial charge in [0.1, 0.15) is 6.61 Å². The number of carbonyl (C=O) groups is 1. The average Bonchev–Trinajstić information content (AvgIpc) is 2.17. The van der Waals surface area contributed by atoms with Crippen LogP contribution >= 0.6 is 0 Å². The van der Waals surface area contributed by atoms with Crippen molar-refractivity contribution < 1.29 is 14.3 Å². The van der Waals surface area contributed by atoms with E-state index in [0.29, 0.717) is 19.8 Å². The standard InChI is InChI=1S/C8H16N2O3/c1-2-9-8(11)13-6-7-5-12-4-3-10-7/h7,10H,2-6H2,1H3,(H,9,11)/t7-/m1/s1. The van der Waals surface area contributed by atoms with Crippen LogP contribution in [-0.4, -0.2) is 45.0 Å². The summed E-state index contributed by atoms with van der Waals surface area (Å²) in [4.78, 5) is 10.9. The molecule has 0 spiro atoms. The Kier molecular flexibility index (Phi) is 4.56. The van der Waals surface area contributed by atoms with E-state index >= 15 is 0 Å². The fourth-order valence-corrected chi connectivity index (χ4v) is 1.10. The maximum Gasteiger partial charge on any atom is 0.407 e. The van der Waals surface area contributed by atoms with E-state index in [1.54, 1.807) is 0 Å². The molecule has 76 valence electrons. The summed E-state index contributed by atoms with van der Waals surface area (Å²) < 4.78 is 10.1. The molecule has 5 nitrogen and oxygen atoms in total. The fraction of sp³-hybridized carbons (Fsp3) is 0.875. The predicted molar refractivity (Wildman–Crippen MR) is 47.6 cm³/mol. The molecule has 1 amide bonds. The molecule has 1 rings (SSSR count). The zero-order chi connectivity index (χ0) is 9.52. The number of hydrogen-bond donors (Lipinski definition) is 2. The molecule has 1 heterocycles. The van der Waals surface area contributed by atoms with Crippen LogP contribution in [0.15, 0.2) is 0 Å². The van der Waals surface area contributed by atoms with Gasteiger partial charge in [-0.2, -0.15) is 0 Å². The van der Waals surface area contributed by atoms with Gasteiger partial charge in [0, 0.05) is 13.1 Å². The van der Waals surface area contributed by atoms with Gasteiger partial charge in [-0.3, -0.25) is 0 Å². The lowest BCUT2D eigenvalue weighted by Crippen LogP contribution is -2.45. The van der Waals surface area contributed by atoms with Crippen molar-refractivity contribution in [2.45, 2.75) is 13.0 Å². The molecular formula is C8H16N2O3. The third-order valence-electron chi connectivity index (χ3n) is 1.74. The number of ether oxygens (including phenoxy) is 2. The van der Waals surface area contributed by atoms with Crippen molar-refractivity contribution in [3.05, 3.63) is 0 Å². The Labute approximate surface area is 77.8 Å². The largest absolute Gasteiger partial charge is 0.448 e. The van der Waals surface area contributed by atoms with Crippen molar-refractivity contribution in [3.63, 3.8) is 0 Å². The topological polar surface area (TPSA) is 59.6 Å². The minimum absolute atomic E-state index is 0.136. The number of rotatable bonds is 3. The lowest BCUT2D eigenvalue weighted by atomic mass is 10.3. The molecule has 1 saturated heterocycles. The zero-order valence-electron chi connectivity index (χ0n) is 7.84. The van der Waals surface area contributed by atoms with E-state index in [4.69, 9.17) is 9.47 Å². The monoisotopic (exact) mass is 188 g/mol. The van der Waals surface area contributed by atoms with E-state index in [2.05, 4.69) is 10.6 Å². The Morgan fingerprint density at radius 1 is 1.77 bits per heavy atom. The summed E-state index contributed by atoms with van der Waals surface area (Å²) in [6.45, 7) is 4.98. The molecule has 13 heavy (non-hydrogen) atoms. The van der Waals surface area contributed by atoms with Crippen molar-refractivity contribution in [2.75, 3.05) is 32.9 Å². The predicted octanol–water partition coefficient (Wildman–Crippen LogP) is -0.279. The van der Waals surface area contributed by atoms with Gasteiger partial charge < -0.3 is 20.1 Å². The molecule has 1 aliphatic heterocycles. The van der Waals surface area contributed by atoms with Crippen LogP contribution in [0.2, 0.25) is 0 Å². The van der Waals surface area contributed by atoms with E-state index in [1.807, 2.05) is 6.92 Å². The Bertz CT molecular complexity index is 157. The third-order valence-corrected chi connectivity index (χ3v) is 1.74. The van der Waals surface area contributed by atoms with Gasteiger partial charge in [-0.25, -0.2) is 4.79 Å². The SMILES string of the molecule is CCNC(=O)OC[C@H]1COCCN1. The molecule has 0 bridgehead atoms. The van der Waals surface area contributed by atoms with E-state index in [0.717, 1.165) is 13.2 Å². The lowest BCUT2D eigenvalue weighted by molar-refractivity contribution is 0.0468. The summed E-state index contributed by atoms with van der Waals surface area (Å²) in [5.41, 5.74) is 0. The molecule has 0 unspecified atom stereocenters. The summed E-state index contributed by atoms with van der Waals surface area (Å²) in [5.74, 6) is 0. The van der Waals surface area contributed by atoms with Crippen LogP contribution in [0.1, 0.15) is 6.92 Å².